The van der Waals surface area contributed by atoms with Gasteiger partial charge in [0.15, 0.2) is 0 Å². The Morgan fingerprint density at radius 3 is 2.68 bits per heavy atom. The molecule has 5 nitrogen and oxygen atoms in total. The van der Waals surface area contributed by atoms with Crippen molar-refractivity contribution >= 4 is 6.03 Å². The molecule has 0 bridgehead atoms. The highest BCUT2D eigenvalue weighted by atomic mass is 16.5. The van der Waals surface area contributed by atoms with E-state index in [4.69, 9.17) is 9.84 Å². The molecule has 0 radical (unpaired) electrons. The summed E-state index contributed by atoms with van der Waals surface area (Å²) in [5, 5.41) is 14.7. The van der Waals surface area contributed by atoms with Gasteiger partial charge in [-0.1, -0.05) is 30.4 Å². The molecule has 0 unspecified atom stereocenters. The second kappa shape index (κ2) is 7.84. The Balaban J connectivity index is 1.66. The third-order valence-electron chi connectivity index (χ3n) is 3.77. The van der Waals surface area contributed by atoms with Crippen LogP contribution in [0.25, 0.3) is 0 Å². The first kappa shape index (κ1) is 16.4. The monoisotopic (exact) mass is 304 g/mol. The fourth-order valence-corrected chi connectivity index (χ4v) is 2.58. The predicted molar refractivity (Wildman–Crippen MR) is 86.1 cm³/mol. The summed E-state index contributed by atoms with van der Waals surface area (Å²) in [5.74, 6) is 1.03. The molecule has 5 heteroatoms. The number of aryl methyl sites for hydroxylation is 2. The van der Waals surface area contributed by atoms with Crippen LogP contribution in [0.3, 0.4) is 0 Å². The topological polar surface area (TPSA) is 70.6 Å². The van der Waals surface area contributed by atoms with Gasteiger partial charge in [0.1, 0.15) is 12.4 Å². The quantitative estimate of drug-likeness (QED) is 0.555. The molecular formula is C17H24N2O3. The van der Waals surface area contributed by atoms with Gasteiger partial charge in [0.2, 0.25) is 0 Å². The van der Waals surface area contributed by atoms with Crippen LogP contribution in [0.1, 0.15) is 17.5 Å². The molecule has 1 aromatic carbocycles. The van der Waals surface area contributed by atoms with Crippen molar-refractivity contribution in [3.63, 3.8) is 0 Å². The van der Waals surface area contributed by atoms with E-state index in [-0.39, 0.29) is 24.6 Å². The van der Waals surface area contributed by atoms with Crippen molar-refractivity contribution in [2.24, 2.45) is 5.92 Å². The molecule has 0 fully saturated rings. The SMILES string of the molecule is Cc1cccc(C)c1OCCNC(=O)N[C@@H]1C=C[C@H](CO)C1. The van der Waals surface area contributed by atoms with E-state index in [0.29, 0.717) is 13.2 Å². The summed E-state index contributed by atoms with van der Waals surface area (Å²) in [7, 11) is 0. The Kier molecular flexibility index (Phi) is 5.83. The smallest absolute Gasteiger partial charge is 0.315 e. The number of aliphatic hydroxyl groups excluding tert-OH is 1. The van der Waals surface area contributed by atoms with E-state index in [1.54, 1.807) is 0 Å². The normalized spacial score (nSPS) is 20.0. The van der Waals surface area contributed by atoms with Gasteiger partial charge in [0, 0.05) is 18.6 Å². The molecule has 0 spiro atoms. The van der Waals surface area contributed by atoms with Crippen molar-refractivity contribution in [2.75, 3.05) is 19.8 Å². The fraction of sp³-hybridized carbons (Fsp3) is 0.471. The number of amides is 2. The largest absolute Gasteiger partial charge is 0.491 e. The van der Waals surface area contributed by atoms with Gasteiger partial charge in [0.05, 0.1) is 6.54 Å². The van der Waals surface area contributed by atoms with Gasteiger partial charge < -0.3 is 20.5 Å². The molecule has 2 amide bonds. The first-order valence-corrected chi connectivity index (χ1v) is 7.62. The van der Waals surface area contributed by atoms with E-state index in [9.17, 15) is 4.79 Å². The predicted octanol–water partition coefficient (Wildman–Crippen LogP) is 1.92. The zero-order valence-electron chi connectivity index (χ0n) is 13.1. The van der Waals surface area contributed by atoms with Gasteiger partial charge in [-0.2, -0.15) is 0 Å². The highest BCUT2D eigenvalue weighted by Crippen LogP contribution is 2.21. The Hall–Kier alpha value is -2.01. The van der Waals surface area contributed by atoms with Gasteiger partial charge in [-0.25, -0.2) is 4.79 Å². The molecule has 2 atom stereocenters. The number of aliphatic hydroxyl groups is 1. The Morgan fingerprint density at radius 1 is 1.32 bits per heavy atom. The first-order chi connectivity index (χ1) is 10.6. The van der Waals surface area contributed by atoms with Crippen LogP contribution < -0.4 is 15.4 Å². The molecule has 0 aromatic heterocycles. The average Bonchev–Trinajstić information content (AvgIpc) is 2.93. The van der Waals surface area contributed by atoms with Crippen LogP contribution in [0.5, 0.6) is 5.75 Å². The molecule has 1 aliphatic rings. The second-order valence-electron chi connectivity index (χ2n) is 5.64. The average molecular weight is 304 g/mol. The molecule has 0 saturated carbocycles. The van der Waals surface area contributed by atoms with Crippen LogP contribution in [0.4, 0.5) is 4.79 Å². The summed E-state index contributed by atoms with van der Waals surface area (Å²) in [6, 6.07) is 5.80. The van der Waals surface area contributed by atoms with E-state index in [2.05, 4.69) is 10.6 Å². The molecular weight excluding hydrogens is 280 g/mol. The lowest BCUT2D eigenvalue weighted by Crippen LogP contribution is -2.42. The number of ether oxygens (including phenoxy) is 1. The number of rotatable bonds is 6. The molecule has 120 valence electrons. The number of para-hydroxylation sites is 1. The number of urea groups is 1. The summed E-state index contributed by atoms with van der Waals surface area (Å²) in [5.41, 5.74) is 2.19. The summed E-state index contributed by atoms with van der Waals surface area (Å²) in [6.07, 6.45) is 4.62. The van der Waals surface area contributed by atoms with Crippen molar-refractivity contribution in [2.45, 2.75) is 26.3 Å². The lowest BCUT2D eigenvalue weighted by Gasteiger charge is -2.15. The highest BCUT2D eigenvalue weighted by Gasteiger charge is 2.19. The zero-order valence-corrected chi connectivity index (χ0v) is 13.1. The van der Waals surface area contributed by atoms with Crippen LogP contribution in [0.2, 0.25) is 0 Å². The Morgan fingerprint density at radius 2 is 2.05 bits per heavy atom. The van der Waals surface area contributed by atoms with Gasteiger partial charge in [0.25, 0.3) is 0 Å². The lowest BCUT2D eigenvalue weighted by molar-refractivity contribution is 0.228. The van der Waals surface area contributed by atoms with Crippen molar-refractivity contribution in [1.29, 1.82) is 0 Å². The lowest BCUT2D eigenvalue weighted by atomic mass is 10.1. The summed E-state index contributed by atoms with van der Waals surface area (Å²) < 4.78 is 5.73. The van der Waals surface area contributed by atoms with E-state index in [1.165, 1.54) is 0 Å². The Labute approximate surface area is 131 Å². The molecule has 1 aliphatic carbocycles. The molecule has 0 aliphatic heterocycles. The maximum Gasteiger partial charge on any atom is 0.315 e. The highest BCUT2D eigenvalue weighted by molar-refractivity contribution is 5.74. The number of benzene rings is 1. The first-order valence-electron chi connectivity index (χ1n) is 7.62. The van der Waals surface area contributed by atoms with Gasteiger partial charge in [-0.05, 0) is 31.4 Å². The molecule has 1 aromatic rings. The number of carbonyl (C=O) groups excluding carboxylic acids is 1. The molecule has 2 rings (SSSR count). The minimum absolute atomic E-state index is 0.00307. The van der Waals surface area contributed by atoms with E-state index in [0.717, 1.165) is 23.3 Å². The molecule has 0 heterocycles. The van der Waals surface area contributed by atoms with Crippen LogP contribution in [0, 0.1) is 19.8 Å². The minimum Gasteiger partial charge on any atom is -0.491 e. The standard InChI is InChI=1S/C17H24N2O3/c1-12-4-3-5-13(2)16(12)22-9-8-18-17(21)19-15-7-6-14(10-15)11-20/h3-7,14-15,20H,8-11H2,1-2H3,(H2,18,19,21)/t14-,15+/m0/s1. The van der Waals surface area contributed by atoms with Crippen molar-refractivity contribution in [1.82, 2.24) is 10.6 Å². The number of nitrogens with one attached hydrogen (secondary N) is 2. The van der Waals surface area contributed by atoms with Crippen molar-refractivity contribution in [3.8, 4) is 5.75 Å². The van der Waals surface area contributed by atoms with Gasteiger partial charge in [-0.15, -0.1) is 0 Å². The number of hydrogen-bond donors (Lipinski definition) is 3. The van der Waals surface area contributed by atoms with Crippen LogP contribution in [0.15, 0.2) is 30.4 Å². The number of hydrogen-bond acceptors (Lipinski definition) is 3. The van der Waals surface area contributed by atoms with Crippen molar-refractivity contribution in [3.05, 3.63) is 41.5 Å². The van der Waals surface area contributed by atoms with Gasteiger partial charge in [-0.3, -0.25) is 0 Å². The minimum atomic E-state index is -0.210. The van der Waals surface area contributed by atoms with E-state index >= 15 is 0 Å². The zero-order chi connectivity index (χ0) is 15.9. The van der Waals surface area contributed by atoms with E-state index in [1.807, 2.05) is 44.2 Å². The van der Waals surface area contributed by atoms with E-state index < -0.39 is 0 Å². The summed E-state index contributed by atoms with van der Waals surface area (Å²) in [4.78, 5) is 11.8. The van der Waals surface area contributed by atoms with Crippen LogP contribution in [-0.4, -0.2) is 36.9 Å². The summed E-state index contributed by atoms with van der Waals surface area (Å²) >= 11 is 0. The van der Waals surface area contributed by atoms with Gasteiger partial charge >= 0.3 is 6.03 Å². The third-order valence-corrected chi connectivity index (χ3v) is 3.77. The fourth-order valence-electron chi connectivity index (χ4n) is 2.58. The second-order valence-corrected chi connectivity index (χ2v) is 5.64. The van der Waals surface area contributed by atoms with Crippen LogP contribution >= 0.6 is 0 Å². The van der Waals surface area contributed by atoms with Crippen LogP contribution in [-0.2, 0) is 0 Å². The maximum absolute atomic E-state index is 11.8. The Bertz CT molecular complexity index is 522. The summed E-state index contributed by atoms with van der Waals surface area (Å²) in [6.45, 7) is 5.01. The molecule has 3 N–H and O–H groups in total. The molecule has 22 heavy (non-hydrogen) atoms. The maximum atomic E-state index is 11.8. The number of carbonyl (C=O) groups is 1. The van der Waals surface area contributed by atoms with Crippen molar-refractivity contribution < 1.29 is 14.6 Å². The molecule has 0 saturated heterocycles. The third kappa shape index (κ3) is 4.49.